The maximum atomic E-state index is 12.3. The number of benzene rings is 3. The highest BCUT2D eigenvalue weighted by Crippen LogP contribution is 2.28. The molecule has 1 N–H and O–H groups in total. The lowest BCUT2D eigenvalue weighted by Crippen LogP contribution is -2.20. The molecule has 0 unspecified atom stereocenters. The van der Waals surface area contributed by atoms with Gasteiger partial charge in [0.2, 0.25) is 5.91 Å². The van der Waals surface area contributed by atoms with Gasteiger partial charge in [-0.15, -0.1) is 0 Å². The Hall–Kier alpha value is -3.40. The van der Waals surface area contributed by atoms with Gasteiger partial charge in [-0.3, -0.25) is 4.79 Å². The number of amides is 1. The quantitative estimate of drug-likeness (QED) is 0.408. The van der Waals surface area contributed by atoms with Gasteiger partial charge in [0, 0.05) is 34.8 Å². The zero-order valence-electron chi connectivity index (χ0n) is 15.2. The van der Waals surface area contributed by atoms with Gasteiger partial charge in [-0.25, -0.2) is 5.43 Å². The second-order valence-electron chi connectivity index (χ2n) is 6.53. The Labute approximate surface area is 158 Å². The Morgan fingerprint density at radius 1 is 0.852 bits per heavy atom. The van der Waals surface area contributed by atoms with Crippen LogP contribution in [0.4, 0.5) is 0 Å². The lowest BCUT2D eigenvalue weighted by atomic mass is 10.1. The van der Waals surface area contributed by atoms with Crippen molar-refractivity contribution in [2.75, 3.05) is 0 Å². The fourth-order valence-corrected chi connectivity index (χ4v) is 3.40. The van der Waals surface area contributed by atoms with Gasteiger partial charge in [-0.1, -0.05) is 66.7 Å². The molecule has 1 heterocycles. The normalized spacial score (nSPS) is 11.8. The minimum absolute atomic E-state index is 0.0906. The summed E-state index contributed by atoms with van der Waals surface area (Å²) in [7, 11) is 0. The number of hydrazone groups is 1. The minimum atomic E-state index is -0.0906. The molecule has 3 aromatic carbocycles. The van der Waals surface area contributed by atoms with Crippen LogP contribution in [-0.2, 0) is 11.3 Å². The zero-order chi connectivity index (χ0) is 18.6. The van der Waals surface area contributed by atoms with E-state index in [1.807, 2.05) is 61.5 Å². The van der Waals surface area contributed by atoms with E-state index in [4.69, 9.17) is 0 Å². The SMILES string of the molecule is C/C(=N\NC(=O)CCn1c2ccccc2c2ccccc21)c1ccccc1. The number of para-hydroxylation sites is 2. The van der Waals surface area contributed by atoms with Crippen LogP contribution in [0, 0.1) is 0 Å². The maximum Gasteiger partial charge on any atom is 0.241 e. The first-order chi connectivity index (χ1) is 13.2. The number of aromatic nitrogens is 1. The fraction of sp³-hybridized carbons (Fsp3) is 0.130. The van der Waals surface area contributed by atoms with Gasteiger partial charge >= 0.3 is 0 Å². The summed E-state index contributed by atoms with van der Waals surface area (Å²) in [6, 6.07) is 26.4. The zero-order valence-corrected chi connectivity index (χ0v) is 15.2. The first-order valence-electron chi connectivity index (χ1n) is 9.08. The Balaban J connectivity index is 1.51. The predicted octanol–water partition coefficient (Wildman–Crippen LogP) is 4.73. The fourth-order valence-electron chi connectivity index (χ4n) is 3.40. The van der Waals surface area contributed by atoms with E-state index in [0.717, 1.165) is 22.3 Å². The molecule has 4 heteroatoms. The molecular weight excluding hydrogens is 334 g/mol. The summed E-state index contributed by atoms with van der Waals surface area (Å²) in [5, 5.41) is 6.66. The van der Waals surface area contributed by atoms with Crippen LogP contribution >= 0.6 is 0 Å². The van der Waals surface area contributed by atoms with E-state index in [2.05, 4.69) is 39.4 Å². The van der Waals surface area contributed by atoms with Crippen LogP contribution in [0.2, 0.25) is 0 Å². The molecule has 0 radical (unpaired) electrons. The van der Waals surface area contributed by atoms with Gasteiger partial charge in [-0.2, -0.15) is 5.10 Å². The van der Waals surface area contributed by atoms with Crippen LogP contribution in [0.15, 0.2) is 84.0 Å². The summed E-state index contributed by atoms with van der Waals surface area (Å²) in [6.45, 7) is 2.50. The predicted molar refractivity (Wildman–Crippen MR) is 111 cm³/mol. The van der Waals surface area contributed by atoms with Crippen molar-refractivity contribution < 1.29 is 4.79 Å². The summed E-state index contributed by atoms with van der Waals surface area (Å²) in [4.78, 5) is 12.3. The highest BCUT2D eigenvalue weighted by Gasteiger charge is 2.10. The summed E-state index contributed by atoms with van der Waals surface area (Å²) < 4.78 is 2.21. The van der Waals surface area contributed by atoms with Crippen LogP contribution in [0.3, 0.4) is 0 Å². The Bertz CT molecular complexity index is 1070. The molecule has 27 heavy (non-hydrogen) atoms. The number of hydrogen-bond donors (Lipinski definition) is 1. The number of fused-ring (bicyclic) bond motifs is 3. The number of rotatable bonds is 5. The largest absolute Gasteiger partial charge is 0.340 e. The third-order valence-corrected chi connectivity index (χ3v) is 4.78. The molecular formula is C23H21N3O. The number of carbonyl (C=O) groups is 1. The van der Waals surface area contributed by atoms with Crippen molar-refractivity contribution in [1.82, 2.24) is 9.99 Å². The first-order valence-corrected chi connectivity index (χ1v) is 9.08. The number of aryl methyl sites for hydroxylation is 1. The smallest absolute Gasteiger partial charge is 0.241 e. The van der Waals surface area contributed by atoms with Crippen LogP contribution in [-0.4, -0.2) is 16.2 Å². The van der Waals surface area contributed by atoms with E-state index in [1.54, 1.807) is 0 Å². The van der Waals surface area contributed by atoms with Crippen LogP contribution in [0.1, 0.15) is 18.9 Å². The molecule has 0 aliphatic rings. The topological polar surface area (TPSA) is 46.4 Å². The van der Waals surface area contributed by atoms with Gasteiger partial charge in [0.15, 0.2) is 0 Å². The second kappa shape index (κ2) is 7.46. The van der Waals surface area contributed by atoms with Crippen molar-refractivity contribution in [3.63, 3.8) is 0 Å². The molecule has 0 saturated heterocycles. The Morgan fingerprint density at radius 2 is 1.41 bits per heavy atom. The Morgan fingerprint density at radius 3 is 2.04 bits per heavy atom. The summed E-state index contributed by atoms with van der Waals surface area (Å²) in [5.41, 5.74) is 6.76. The molecule has 4 aromatic rings. The minimum Gasteiger partial charge on any atom is -0.340 e. The van der Waals surface area contributed by atoms with Crippen molar-refractivity contribution >= 4 is 33.4 Å². The molecule has 0 spiro atoms. The maximum absolute atomic E-state index is 12.3. The van der Waals surface area contributed by atoms with E-state index in [-0.39, 0.29) is 5.91 Å². The highest BCUT2D eigenvalue weighted by molar-refractivity contribution is 6.08. The molecule has 0 bridgehead atoms. The van der Waals surface area contributed by atoms with Crippen molar-refractivity contribution in [2.45, 2.75) is 19.9 Å². The number of nitrogens with one attached hydrogen (secondary N) is 1. The summed E-state index contributed by atoms with van der Waals surface area (Å²) >= 11 is 0. The van der Waals surface area contributed by atoms with Gasteiger partial charge in [-0.05, 0) is 24.6 Å². The first kappa shape index (κ1) is 17.0. The van der Waals surface area contributed by atoms with Crippen molar-refractivity contribution in [3.8, 4) is 0 Å². The van der Waals surface area contributed by atoms with Crippen molar-refractivity contribution in [1.29, 1.82) is 0 Å². The number of hydrogen-bond acceptors (Lipinski definition) is 2. The molecule has 0 saturated carbocycles. The average Bonchev–Trinajstić information content (AvgIpc) is 3.05. The lowest BCUT2D eigenvalue weighted by Gasteiger charge is -2.07. The van der Waals surface area contributed by atoms with E-state index < -0.39 is 0 Å². The van der Waals surface area contributed by atoms with E-state index in [9.17, 15) is 4.79 Å². The number of nitrogens with zero attached hydrogens (tertiary/aromatic N) is 2. The van der Waals surface area contributed by atoms with Crippen molar-refractivity contribution in [3.05, 3.63) is 84.4 Å². The van der Waals surface area contributed by atoms with Crippen LogP contribution in [0.5, 0.6) is 0 Å². The molecule has 1 aromatic heterocycles. The molecule has 0 aliphatic heterocycles. The van der Waals surface area contributed by atoms with E-state index in [0.29, 0.717) is 13.0 Å². The molecule has 0 aliphatic carbocycles. The molecule has 0 fully saturated rings. The van der Waals surface area contributed by atoms with Gasteiger partial charge in [0.1, 0.15) is 0 Å². The number of carbonyl (C=O) groups excluding carboxylic acids is 1. The molecule has 1 amide bonds. The molecule has 134 valence electrons. The molecule has 0 atom stereocenters. The van der Waals surface area contributed by atoms with Gasteiger partial charge in [0.05, 0.1) is 5.71 Å². The van der Waals surface area contributed by atoms with Gasteiger partial charge < -0.3 is 4.57 Å². The Kier molecular flexibility index (Phi) is 4.71. The van der Waals surface area contributed by atoms with E-state index in [1.165, 1.54) is 10.8 Å². The third-order valence-electron chi connectivity index (χ3n) is 4.78. The van der Waals surface area contributed by atoms with Crippen LogP contribution in [0.25, 0.3) is 21.8 Å². The molecule has 4 rings (SSSR count). The van der Waals surface area contributed by atoms with Crippen LogP contribution < -0.4 is 5.43 Å². The molecule has 4 nitrogen and oxygen atoms in total. The van der Waals surface area contributed by atoms with Gasteiger partial charge in [0.25, 0.3) is 0 Å². The van der Waals surface area contributed by atoms with Crippen molar-refractivity contribution in [2.24, 2.45) is 5.10 Å². The summed E-state index contributed by atoms with van der Waals surface area (Å²) in [6.07, 6.45) is 0.369. The lowest BCUT2D eigenvalue weighted by molar-refractivity contribution is -0.121. The highest BCUT2D eigenvalue weighted by atomic mass is 16.2. The third kappa shape index (κ3) is 3.47. The summed E-state index contributed by atoms with van der Waals surface area (Å²) in [5.74, 6) is -0.0906. The average molecular weight is 355 g/mol. The monoisotopic (exact) mass is 355 g/mol. The standard InChI is InChI=1S/C23H21N3O/c1-17(18-9-3-2-4-10-18)24-25-23(27)15-16-26-21-13-7-5-11-19(21)20-12-6-8-14-22(20)26/h2-14H,15-16H2,1H3,(H,25,27)/b24-17+. The van der Waals surface area contributed by atoms with E-state index >= 15 is 0 Å². The second-order valence-corrected chi connectivity index (χ2v) is 6.53.